The Hall–Kier alpha value is -1.36. The summed E-state index contributed by atoms with van der Waals surface area (Å²) < 4.78 is 5.36. The van der Waals surface area contributed by atoms with Gasteiger partial charge in [-0.2, -0.15) is 0 Å². The third-order valence-corrected chi connectivity index (χ3v) is 2.90. The molecule has 0 aliphatic carbocycles. The summed E-state index contributed by atoms with van der Waals surface area (Å²) in [5.41, 5.74) is 0. The molecule has 0 spiro atoms. The maximum atomic E-state index is 5.36. The molecule has 1 fully saturated rings. The van der Waals surface area contributed by atoms with Crippen LogP contribution in [0, 0.1) is 0 Å². The lowest BCUT2D eigenvalue weighted by Gasteiger charge is -2.15. The van der Waals surface area contributed by atoms with Crippen molar-refractivity contribution in [1.29, 1.82) is 0 Å². The van der Waals surface area contributed by atoms with Crippen molar-refractivity contribution in [1.82, 2.24) is 9.97 Å². The molecule has 2 N–H and O–H groups in total. The zero-order valence-electron chi connectivity index (χ0n) is 11.4. The first kappa shape index (κ1) is 13.1. The van der Waals surface area contributed by atoms with E-state index >= 15 is 0 Å². The van der Waals surface area contributed by atoms with Crippen LogP contribution in [0.25, 0.3) is 0 Å². The monoisotopic (exact) mass is 250 g/mol. The van der Waals surface area contributed by atoms with Crippen LogP contribution in [0.2, 0.25) is 0 Å². The molecule has 0 aromatic carbocycles. The van der Waals surface area contributed by atoms with Gasteiger partial charge >= 0.3 is 0 Å². The Kier molecular flexibility index (Phi) is 4.36. The van der Waals surface area contributed by atoms with Crippen LogP contribution in [0.5, 0.6) is 0 Å². The second kappa shape index (κ2) is 6.00. The second-order valence-electron chi connectivity index (χ2n) is 4.89. The molecule has 0 bridgehead atoms. The molecule has 2 heterocycles. The summed E-state index contributed by atoms with van der Waals surface area (Å²) in [4.78, 5) is 9.06. The van der Waals surface area contributed by atoms with Crippen molar-refractivity contribution >= 4 is 11.6 Å². The Morgan fingerprint density at radius 3 is 2.78 bits per heavy atom. The molecule has 0 radical (unpaired) electrons. The van der Waals surface area contributed by atoms with Gasteiger partial charge in [0.25, 0.3) is 0 Å². The van der Waals surface area contributed by atoms with Crippen molar-refractivity contribution in [2.45, 2.75) is 39.2 Å². The molecule has 1 aliphatic rings. The minimum absolute atomic E-state index is 0.323. The van der Waals surface area contributed by atoms with Crippen molar-refractivity contribution in [2.75, 3.05) is 30.4 Å². The van der Waals surface area contributed by atoms with E-state index in [1.165, 1.54) is 0 Å². The number of hydrogen-bond donors (Lipinski definition) is 2. The summed E-state index contributed by atoms with van der Waals surface area (Å²) in [6.45, 7) is 8.73. The average molecular weight is 250 g/mol. The first-order chi connectivity index (χ1) is 8.69. The summed E-state index contributed by atoms with van der Waals surface area (Å²) in [5, 5.41) is 6.66. The highest BCUT2D eigenvalue weighted by molar-refractivity contribution is 5.48. The normalized spacial score (nSPS) is 19.2. The number of rotatable bonds is 5. The molecule has 2 rings (SSSR count). The molecule has 1 aromatic heterocycles. The third-order valence-electron chi connectivity index (χ3n) is 2.90. The van der Waals surface area contributed by atoms with Gasteiger partial charge in [0.15, 0.2) is 0 Å². The van der Waals surface area contributed by atoms with Gasteiger partial charge in [-0.25, -0.2) is 9.97 Å². The average Bonchev–Trinajstić information content (AvgIpc) is 2.82. The van der Waals surface area contributed by atoms with Crippen molar-refractivity contribution < 1.29 is 4.74 Å². The maximum Gasteiger partial charge on any atom is 0.135 e. The van der Waals surface area contributed by atoms with Crippen LogP contribution in [0.3, 0.4) is 0 Å². The molecule has 1 unspecified atom stereocenters. The number of hydrogen-bond acceptors (Lipinski definition) is 5. The van der Waals surface area contributed by atoms with E-state index in [1.54, 1.807) is 0 Å². The van der Waals surface area contributed by atoms with E-state index in [1.807, 2.05) is 6.07 Å². The van der Waals surface area contributed by atoms with Crippen LogP contribution in [0.15, 0.2) is 6.07 Å². The van der Waals surface area contributed by atoms with Crippen LogP contribution in [-0.4, -0.2) is 35.8 Å². The highest BCUT2D eigenvalue weighted by atomic mass is 16.5. The molecule has 18 heavy (non-hydrogen) atoms. The van der Waals surface area contributed by atoms with Crippen LogP contribution in [-0.2, 0) is 4.74 Å². The van der Waals surface area contributed by atoms with E-state index in [4.69, 9.17) is 4.74 Å². The van der Waals surface area contributed by atoms with E-state index in [9.17, 15) is 0 Å². The lowest BCUT2D eigenvalue weighted by atomic mass is 10.2. The molecule has 100 valence electrons. The fourth-order valence-corrected chi connectivity index (χ4v) is 1.93. The van der Waals surface area contributed by atoms with Gasteiger partial charge in [0.05, 0.1) is 12.6 Å². The molecule has 5 heteroatoms. The van der Waals surface area contributed by atoms with E-state index in [-0.39, 0.29) is 0 Å². The van der Waals surface area contributed by atoms with Crippen LogP contribution in [0.1, 0.15) is 38.9 Å². The number of anilines is 2. The fraction of sp³-hybridized carbons (Fsp3) is 0.692. The van der Waals surface area contributed by atoms with Gasteiger partial charge in [0.2, 0.25) is 0 Å². The fourth-order valence-electron chi connectivity index (χ4n) is 1.93. The number of nitrogens with one attached hydrogen (secondary N) is 2. The van der Waals surface area contributed by atoms with Gasteiger partial charge in [0.1, 0.15) is 17.5 Å². The van der Waals surface area contributed by atoms with E-state index in [0.717, 1.165) is 43.6 Å². The summed E-state index contributed by atoms with van der Waals surface area (Å²) in [6.07, 6.45) is 1.04. The van der Waals surface area contributed by atoms with Crippen molar-refractivity contribution in [3.05, 3.63) is 11.9 Å². The summed E-state index contributed by atoms with van der Waals surface area (Å²) in [7, 11) is 0. The molecule has 1 saturated heterocycles. The number of aromatic nitrogens is 2. The Morgan fingerprint density at radius 1 is 1.39 bits per heavy atom. The first-order valence-electron chi connectivity index (χ1n) is 6.66. The third kappa shape index (κ3) is 3.32. The highest BCUT2D eigenvalue weighted by Crippen LogP contribution is 2.19. The smallest absolute Gasteiger partial charge is 0.135 e. The minimum Gasteiger partial charge on any atom is -0.379 e. The highest BCUT2D eigenvalue weighted by Gasteiger charge is 2.17. The zero-order valence-corrected chi connectivity index (χ0v) is 11.4. The predicted octanol–water partition coefficient (Wildman–Crippen LogP) is 2.23. The summed E-state index contributed by atoms with van der Waals surface area (Å²) in [6, 6.07) is 2.34. The lowest BCUT2D eigenvalue weighted by Crippen LogP contribution is -2.20. The zero-order chi connectivity index (χ0) is 13.0. The van der Waals surface area contributed by atoms with Gasteiger partial charge in [-0.05, 0) is 13.3 Å². The SMILES string of the molecule is CCNc1cc(NC2CCOC2)nc(C(C)C)n1. The first-order valence-corrected chi connectivity index (χ1v) is 6.66. The molecule has 1 aromatic rings. The molecular formula is C13H22N4O. The largest absolute Gasteiger partial charge is 0.379 e. The van der Waals surface area contributed by atoms with Crippen molar-refractivity contribution in [2.24, 2.45) is 0 Å². The maximum absolute atomic E-state index is 5.36. The van der Waals surface area contributed by atoms with Gasteiger partial charge in [-0.3, -0.25) is 0 Å². The Balaban J connectivity index is 2.16. The Morgan fingerprint density at radius 2 is 2.17 bits per heavy atom. The summed E-state index contributed by atoms with van der Waals surface area (Å²) in [5.74, 6) is 2.97. The standard InChI is InChI=1S/C13H22N4O/c1-4-14-11-7-12(15-10-5-6-18-8-10)17-13(16-11)9(2)3/h7,9-10H,4-6,8H2,1-3H3,(H2,14,15,16,17). The van der Waals surface area contributed by atoms with Gasteiger partial charge in [-0.1, -0.05) is 13.8 Å². The molecular weight excluding hydrogens is 228 g/mol. The molecule has 1 aliphatic heterocycles. The predicted molar refractivity (Wildman–Crippen MR) is 73.1 cm³/mol. The van der Waals surface area contributed by atoms with Crippen LogP contribution < -0.4 is 10.6 Å². The molecule has 1 atom stereocenters. The van der Waals surface area contributed by atoms with Gasteiger partial charge in [0, 0.05) is 25.1 Å². The van der Waals surface area contributed by atoms with E-state index < -0.39 is 0 Å². The van der Waals surface area contributed by atoms with Crippen molar-refractivity contribution in [3.63, 3.8) is 0 Å². The Bertz CT molecular complexity index is 389. The van der Waals surface area contributed by atoms with Crippen LogP contribution >= 0.6 is 0 Å². The van der Waals surface area contributed by atoms with Gasteiger partial charge in [-0.15, -0.1) is 0 Å². The number of ether oxygens (including phenoxy) is 1. The number of nitrogens with zero attached hydrogens (tertiary/aromatic N) is 2. The quantitative estimate of drug-likeness (QED) is 0.839. The topological polar surface area (TPSA) is 59.1 Å². The Labute approximate surface area is 108 Å². The molecule has 5 nitrogen and oxygen atoms in total. The lowest BCUT2D eigenvalue weighted by molar-refractivity contribution is 0.195. The van der Waals surface area contributed by atoms with E-state index in [2.05, 4.69) is 41.4 Å². The van der Waals surface area contributed by atoms with Crippen molar-refractivity contribution in [3.8, 4) is 0 Å². The molecule has 0 saturated carbocycles. The van der Waals surface area contributed by atoms with Gasteiger partial charge < -0.3 is 15.4 Å². The summed E-state index contributed by atoms with van der Waals surface area (Å²) >= 11 is 0. The second-order valence-corrected chi connectivity index (χ2v) is 4.89. The van der Waals surface area contributed by atoms with Crippen LogP contribution in [0.4, 0.5) is 11.6 Å². The minimum atomic E-state index is 0.323. The molecule has 0 amide bonds. The van der Waals surface area contributed by atoms with E-state index in [0.29, 0.717) is 12.0 Å².